The van der Waals surface area contributed by atoms with Crippen LogP contribution in [0.25, 0.3) is 11.5 Å². The number of nitrogens with zero attached hydrogens (tertiary/aromatic N) is 3. The normalized spacial score (nSPS) is 14.0. The van der Waals surface area contributed by atoms with Crippen molar-refractivity contribution in [2.24, 2.45) is 0 Å². The number of thioether (sulfide) groups is 1. The number of anilines is 1. The first-order valence-electron chi connectivity index (χ1n) is 6.22. The molecule has 0 amide bonds. The average Bonchev–Trinajstić information content (AvgIpc) is 2.84. The first kappa shape index (κ1) is 14.8. The molecular formula is C13H18N4O2S. The van der Waals surface area contributed by atoms with E-state index < -0.39 is 5.60 Å². The highest BCUT2D eigenvalue weighted by atomic mass is 32.2. The molecule has 0 fully saturated rings. The van der Waals surface area contributed by atoms with Gasteiger partial charge in [0.2, 0.25) is 0 Å². The highest BCUT2D eigenvalue weighted by molar-refractivity contribution is 7.98. The molecule has 0 aromatic carbocycles. The SMILES string of the molecule is CSC[C@](C)(O)CNc1cc(-c2nc(C)no2)ccn1. The number of hydrogen-bond acceptors (Lipinski definition) is 7. The molecule has 20 heavy (non-hydrogen) atoms. The molecule has 108 valence electrons. The maximum atomic E-state index is 10.1. The molecule has 1 atom stereocenters. The van der Waals surface area contributed by atoms with Crippen molar-refractivity contribution < 1.29 is 9.63 Å². The number of aliphatic hydroxyl groups is 1. The van der Waals surface area contributed by atoms with Crippen LogP contribution in [-0.4, -0.2) is 44.4 Å². The minimum atomic E-state index is -0.780. The van der Waals surface area contributed by atoms with Crippen molar-refractivity contribution in [1.29, 1.82) is 0 Å². The molecule has 2 N–H and O–H groups in total. The highest BCUT2D eigenvalue weighted by Crippen LogP contribution is 2.20. The van der Waals surface area contributed by atoms with E-state index in [1.54, 1.807) is 37.9 Å². The molecule has 0 aliphatic heterocycles. The number of aromatic nitrogens is 3. The lowest BCUT2D eigenvalue weighted by atomic mass is 10.1. The van der Waals surface area contributed by atoms with Crippen molar-refractivity contribution in [3.05, 3.63) is 24.2 Å². The average molecular weight is 294 g/mol. The molecule has 2 heterocycles. The summed E-state index contributed by atoms with van der Waals surface area (Å²) in [6.45, 7) is 3.99. The predicted octanol–water partition coefficient (Wildman–Crippen LogP) is 1.97. The van der Waals surface area contributed by atoms with E-state index in [9.17, 15) is 5.11 Å². The minimum absolute atomic E-state index is 0.424. The third-order valence-electron chi connectivity index (χ3n) is 2.64. The van der Waals surface area contributed by atoms with E-state index in [4.69, 9.17) is 4.52 Å². The molecule has 2 rings (SSSR count). The summed E-state index contributed by atoms with van der Waals surface area (Å²) >= 11 is 1.60. The van der Waals surface area contributed by atoms with Crippen molar-refractivity contribution in [1.82, 2.24) is 15.1 Å². The van der Waals surface area contributed by atoms with Gasteiger partial charge in [-0.1, -0.05) is 5.16 Å². The number of pyridine rings is 1. The summed E-state index contributed by atoms with van der Waals surface area (Å²) in [5, 5.41) is 17.0. The van der Waals surface area contributed by atoms with E-state index in [0.717, 1.165) is 5.56 Å². The van der Waals surface area contributed by atoms with Gasteiger partial charge in [-0.2, -0.15) is 16.7 Å². The smallest absolute Gasteiger partial charge is 0.258 e. The quantitative estimate of drug-likeness (QED) is 0.842. The van der Waals surface area contributed by atoms with Crippen LogP contribution in [0.1, 0.15) is 12.7 Å². The summed E-state index contributed by atoms with van der Waals surface area (Å²) < 4.78 is 5.12. The molecule has 2 aromatic heterocycles. The lowest BCUT2D eigenvalue weighted by molar-refractivity contribution is 0.0996. The van der Waals surface area contributed by atoms with Gasteiger partial charge in [-0.15, -0.1) is 0 Å². The van der Waals surface area contributed by atoms with E-state index >= 15 is 0 Å². The summed E-state index contributed by atoms with van der Waals surface area (Å²) in [7, 11) is 0. The van der Waals surface area contributed by atoms with Gasteiger partial charge in [0.15, 0.2) is 5.82 Å². The Kier molecular flexibility index (Phi) is 4.61. The van der Waals surface area contributed by atoms with Gasteiger partial charge in [0.25, 0.3) is 5.89 Å². The van der Waals surface area contributed by atoms with Gasteiger partial charge in [0.05, 0.1) is 5.60 Å². The van der Waals surface area contributed by atoms with Crippen molar-refractivity contribution >= 4 is 17.6 Å². The second-order valence-electron chi connectivity index (χ2n) is 4.86. The molecule has 0 saturated carbocycles. The maximum absolute atomic E-state index is 10.1. The molecule has 0 bridgehead atoms. The summed E-state index contributed by atoms with van der Waals surface area (Å²) in [5.74, 6) is 2.38. The fourth-order valence-electron chi connectivity index (χ4n) is 1.72. The fraction of sp³-hybridized carbons (Fsp3) is 0.462. The van der Waals surface area contributed by atoms with Crippen LogP contribution in [0.3, 0.4) is 0 Å². The Labute approximate surface area is 122 Å². The van der Waals surface area contributed by atoms with Gasteiger partial charge in [-0.05, 0) is 32.2 Å². The highest BCUT2D eigenvalue weighted by Gasteiger charge is 2.19. The van der Waals surface area contributed by atoms with Gasteiger partial charge in [-0.25, -0.2) is 4.98 Å². The zero-order valence-corrected chi connectivity index (χ0v) is 12.6. The van der Waals surface area contributed by atoms with Crippen LogP contribution in [-0.2, 0) is 0 Å². The van der Waals surface area contributed by atoms with Crippen LogP contribution < -0.4 is 5.32 Å². The second-order valence-corrected chi connectivity index (χ2v) is 5.73. The van der Waals surface area contributed by atoms with Crippen LogP contribution >= 0.6 is 11.8 Å². The number of hydrogen-bond donors (Lipinski definition) is 2. The summed E-state index contributed by atoms with van der Waals surface area (Å²) in [6.07, 6.45) is 3.63. The predicted molar refractivity (Wildman–Crippen MR) is 79.8 cm³/mol. The van der Waals surface area contributed by atoms with Gasteiger partial charge in [0.1, 0.15) is 5.82 Å². The number of aryl methyl sites for hydroxylation is 1. The van der Waals surface area contributed by atoms with Crippen molar-refractivity contribution in [3.8, 4) is 11.5 Å². The van der Waals surface area contributed by atoms with Crippen molar-refractivity contribution in [2.75, 3.05) is 23.9 Å². The van der Waals surface area contributed by atoms with Gasteiger partial charge >= 0.3 is 0 Å². The summed E-state index contributed by atoms with van der Waals surface area (Å²) in [5.41, 5.74) is 0.0191. The number of rotatable bonds is 6. The fourth-order valence-corrected chi connectivity index (χ4v) is 2.44. The standard InChI is InChI=1S/C13H18N4O2S/c1-9-16-12(19-17-9)10-4-5-14-11(6-10)15-7-13(2,18)8-20-3/h4-6,18H,7-8H2,1-3H3,(H,14,15)/t13-/m1/s1. The third-order valence-corrected chi connectivity index (χ3v) is 3.55. The van der Waals surface area contributed by atoms with Gasteiger partial charge < -0.3 is 14.9 Å². The van der Waals surface area contributed by atoms with E-state index in [1.807, 2.05) is 12.3 Å². The molecular weight excluding hydrogens is 276 g/mol. The van der Waals surface area contributed by atoms with Crippen molar-refractivity contribution in [2.45, 2.75) is 19.4 Å². The lowest BCUT2D eigenvalue weighted by Gasteiger charge is -2.22. The zero-order valence-electron chi connectivity index (χ0n) is 11.8. The molecule has 2 aromatic rings. The third kappa shape index (κ3) is 3.94. The van der Waals surface area contributed by atoms with E-state index in [0.29, 0.717) is 29.8 Å². The molecule has 0 aliphatic carbocycles. The number of nitrogens with one attached hydrogen (secondary N) is 1. The van der Waals surface area contributed by atoms with Crippen LogP contribution in [0.15, 0.2) is 22.9 Å². The Hall–Kier alpha value is -1.60. The Balaban J connectivity index is 2.07. The van der Waals surface area contributed by atoms with Crippen LogP contribution in [0.2, 0.25) is 0 Å². The molecule has 0 radical (unpaired) electrons. The van der Waals surface area contributed by atoms with E-state index in [-0.39, 0.29) is 0 Å². The zero-order chi connectivity index (χ0) is 14.6. The molecule has 0 saturated heterocycles. The van der Waals surface area contributed by atoms with Crippen molar-refractivity contribution in [3.63, 3.8) is 0 Å². The van der Waals surface area contributed by atoms with E-state index in [2.05, 4.69) is 20.4 Å². The Morgan fingerprint density at radius 3 is 2.95 bits per heavy atom. The summed E-state index contributed by atoms with van der Waals surface area (Å²) in [4.78, 5) is 8.39. The summed E-state index contributed by atoms with van der Waals surface area (Å²) in [6, 6.07) is 3.63. The van der Waals surface area contributed by atoms with Crippen LogP contribution in [0, 0.1) is 6.92 Å². The largest absolute Gasteiger partial charge is 0.387 e. The van der Waals surface area contributed by atoms with Crippen LogP contribution in [0.4, 0.5) is 5.82 Å². The Bertz CT molecular complexity index is 571. The maximum Gasteiger partial charge on any atom is 0.258 e. The molecule has 0 spiro atoms. The molecule has 0 aliphatic rings. The molecule has 7 heteroatoms. The minimum Gasteiger partial charge on any atom is -0.387 e. The first-order valence-corrected chi connectivity index (χ1v) is 7.61. The Morgan fingerprint density at radius 1 is 1.50 bits per heavy atom. The second kappa shape index (κ2) is 6.23. The van der Waals surface area contributed by atoms with Gasteiger partial charge in [0, 0.05) is 24.1 Å². The monoisotopic (exact) mass is 294 g/mol. The molecule has 0 unspecified atom stereocenters. The van der Waals surface area contributed by atoms with Gasteiger partial charge in [-0.3, -0.25) is 0 Å². The van der Waals surface area contributed by atoms with Crippen LogP contribution in [0.5, 0.6) is 0 Å². The lowest BCUT2D eigenvalue weighted by Crippen LogP contribution is -2.36. The van der Waals surface area contributed by atoms with E-state index in [1.165, 1.54) is 0 Å². The molecule has 6 nitrogen and oxygen atoms in total. The first-order chi connectivity index (χ1) is 9.50. The topological polar surface area (TPSA) is 84.1 Å². The Morgan fingerprint density at radius 2 is 2.30 bits per heavy atom.